The Hall–Kier alpha value is -0.850. The predicted octanol–water partition coefficient (Wildman–Crippen LogP) is 3.11. The number of aryl methyl sites for hydroxylation is 1. The van der Waals surface area contributed by atoms with Crippen molar-refractivity contribution in [2.75, 3.05) is 53.7 Å². The Bertz CT molecular complexity index is 502. The van der Waals surface area contributed by atoms with E-state index in [0.29, 0.717) is 25.7 Å². The van der Waals surface area contributed by atoms with Crippen molar-refractivity contribution in [3.8, 4) is 5.75 Å². The fraction of sp³-hybridized carbons (Fsp3) is 0.684. The Labute approximate surface area is 156 Å². The van der Waals surface area contributed by atoms with Crippen LogP contribution in [0, 0.1) is 6.92 Å². The Morgan fingerprint density at radius 2 is 1.72 bits per heavy atom. The Morgan fingerprint density at radius 3 is 2.24 bits per heavy atom. The zero-order valence-electron chi connectivity index (χ0n) is 16.0. The summed E-state index contributed by atoms with van der Waals surface area (Å²) in [6.45, 7) is 9.61. The summed E-state index contributed by atoms with van der Waals surface area (Å²) in [5.41, 5.74) is 2.02. The van der Waals surface area contributed by atoms with E-state index in [9.17, 15) is 5.11 Å². The van der Waals surface area contributed by atoms with Gasteiger partial charge in [0.1, 0.15) is 18.5 Å². The maximum atomic E-state index is 10.4. The molecule has 1 aromatic carbocycles. The molecule has 0 saturated heterocycles. The maximum absolute atomic E-state index is 10.4. The van der Waals surface area contributed by atoms with Gasteiger partial charge in [0.15, 0.2) is 0 Å². The minimum Gasteiger partial charge on any atom is -0.491 e. The van der Waals surface area contributed by atoms with Crippen LogP contribution in [0.4, 0.5) is 0 Å². The lowest BCUT2D eigenvalue weighted by molar-refractivity contribution is 0.0457. The van der Waals surface area contributed by atoms with Gasteiger partial charge in [-0.3, -0.25) is 4.90 Å². The van der Waals surface area contributed by atoms with Gasteiger partial charge in [0.25, 0.3) is 0 Å². The predicted molar refractivity (Wildman–Crippen MR) is 102 cm³/mol. The van der Waals surface area contributed by atoms with Crippen LogP contribution in [0.1, 0.15) is 30.9 Å². The first-order valence-electron chi connectivity index (χ1n) is 8.70. The molecule has 0 aromatic heterocycles. The quantitative estimate of drug-likeness (QED) is 0.610. The van der Waals surface area contributed by atoms with Crippen molar-refractivity contribution in [1.29, 1.82) is 0 Å². The van der Waals surface area contributed by atoms with Crippen molar-refractivity contribution in [1.82, 2.24) is 4.90 Å². The standard InChI is InChI=1S/C19H32ClNO4/c1-14(2)17-11-18(20)15(3)10-19(17)25-13-16(22)12-21(6-8-23-4)7-9-24-5/h10-11,14,16,22H,6-9,12-13H2,1-5H3/t16-/m1/s1. The van der Waals surface area contributed by atoms with E-state index in [4.69, 9.17) is 25.8 Å². The van der Waals surface area contributed by atoms with Gasteiger partial charge in [-0.2, -0.15) is 0 Å². The summed E-state index contributed by atoms with van der Waals surface area (Å²) in [5, 5.41) is 11.1. The van der Waals surface area contributed by atoms with Crippen LogP contribution >= 0.6 is 11.6 Å². The molecule has 0 amide bonds. The average molecular weight is 374 g/mol. The lowest BCUT2D eigenvalue weighted by Gasteiger charge is -2.25. The van der Waals surface area contributed by atoms with Crippen LogP contribution in [-0.4, -0.2) is 69.8 Å². The fourth-order valence-corrected chi connectivity index (χ4v) is 2.69. The highest BCUT2D eigenvalue weighted by Crippen LogP contribution is 2.32. The second-order valence-corrected chi connectivity index (χ2v) is 6.95. The molecule has 1 atom stereocenters. The smallest absolute Gasteiger partial charge is 0.123 e. The number of nitrogens with zero attached hydrogens (tertiary/aromatic N) is 1. The van der Waals surface area contributed by atoms with Crippen molar-refractivity contribution in [2.24, 2.45) is 0 Å². The molecule has 1 N–H and O–H groups in total. The number of aliphatic hydroxyl groups is 1. The molecule has 5 nitrogen and oxygen atoms in total. The van der Waals surface area contributed by atoms with Crippen molar-refractivity contribution in [2.45, 2.75) is 32.8 Å². The topological polar surface area (TPSA) is 51.2 Å². The molecule has 0 bridgehead atoms. The van der Waals surface area contributed by atoms with E-state index >= 15 is 0 Å². The Morgan fingerprint density at radius 1 is 1.12 bits per heavy atom. The van der Waals surface area contributed by atoms with Gasteiger partial charge in [-0.1, -0.05) is 25.4 Å². The summed E-state index contributed by atoms with van der Waals surface area (Å²) in [6, 6.07) is 3.89. The molecule has 0 aliphatic heterocycles. The zero-order chi connectivity index (χ0) is 18.8. The molecule has 0 fully saturated rings. The van der Waals surface area contributed by atoms with Crippen molar-refractivity contribution in [3.05, 3.63) is 28.3 Å². The summed E-state index contributed by atoms with van der Waals surface area (Å²) < 4.78 is 16.2. The molecule has 0 radical (unpaired) electrons. The highest BCUT2D eigenvalue weighted by Gasteiger charge is 2.15. The van der Waals surface area contributed by atoms with Crippen molar-refractivity contribution in [3.63, 3.8) is 0 Å². The average Bonchev–Trinajstić information content (AvgIpc) is 2.57. The molecule has 144 valence electrons. The summed E-state index contributed by atoms with van der Waals surface area (Å²) in [5.74, 6) is 1.08. The molecule has 0 unspecified atom stereocenters. The molecule has 6 heteroatoms. The third kappa shape index (κ3) is 7.92. The highest BCUT2D eigenvalue weighted by molar-refractivity contribution is 6.31. The van der Waals surface area contributed by atoms with E-state index in [1.807, 2.05) is 19.1 Å². The normalized spacial score (nSPS) is 12.8. The number of methoxy groups -OCH3 is 2. The highest BCUT2D eigenvalue weighted by atomic mass is 35.5. The molecule has 0 saturated carbocycles. The SMILES string of the molecule is COCCN(CCOC)C[C@@H](O)COc1cc(C)c(Cl)cc1C(C)C. The Balaban J connectivity index is 2.65. The first kappa shape index (κ1) is 22.2. The van der Waals surface area contributed by atoms with Crippen LogP contribution in [0.2, 0.25) is 5.02 Å². The Kier molecular flexibility index (Phi) is 10.4. The van der Waals surface area contributed by atoms with Gasteiger partial charge in [0.2, 0.25) is 0 Å². The van der Waals surface area contributed by atoms with Crippen molar-refractivity contribution >= 4 is 11.6 Å². The second kappa shape index (κ2) is 11.7. The fourth-order valence-electron chi connectivity index (χ4n) is 2.52. The maximum Gasteiger partial charge on any atom is 0.123 e. The number of hydrogen-bond donors (Lipinski definition) is 1. The van der Waals surface area contributed by atoms with Crippen LogP contribution < -0.4 is 4.74 Å². The van der Waals surface area contributed by atoms with Crippen LogP contribution in [0.3, 0.4) is 0 Å². The molecule has 0 heterocycles. The molecule has 1 aromatic rings. The molecule has 0 aliphatic rings. The van der Waals surface area contributed by atoms with Gasteiger partial charge < -0.3 is 19.3 Å². The monoisotopic (exact) mass is 373 g/mol. The molecule has 1 rings (SSSR count). The molecule has 25 heavy (non-hydrogen) atoms. The number of ether oxygens (including phenoxy) is 3. The van der Waals surface area contributed by atoms with Gasteiger partial charge in [-0.15, -0.1) is 0 Å². The van der Waals surface area contributed by atoms with E-state index < -0.39 is 6.10 Å². The number of aliphatic hydroxyl groups excluding tert-OH is 1. The van der Waals surface area contributed by atoms with Crippen LogP contribution in [0.25, 0.3) is 0 Å². The van der Waals surface area contributed by atoms with Crippen LogP contribution in [0.5, 0.6) is 5.75 Å². The van der Waals surface area contributed by atoms with E-state index in [1.165, 1.54) is 0 Å². The zero-order valence-corrected chi connectivity index (χ0v) is 16.8. The third-order valence-corrected chi connectivity index (χ3v) is 4.44. The van der Waals surface area contributed by atoms with Crippen LogP contribution in [0.15, 0.2) is 12.1 Å². The van der Waals surface area contributed by atoms with Gasteiger partial charge in [-0.25, -0.2) is 0 Å². The molecular weight excluding hydrogens is 342 g/mol. The number of hydrogen-bond acceptors (Lipinski definition) is 5. The third-order valence-electron chi connectivity index (χ3n) is 4.04. The number of rotatable bonds is 12. The lowest BCUT2D eigenvalue weighted by Crippen LogP contribution is -2.39. The first-order valence-corrected chi connectivity index (χ1v) is 9.08. The summed E-state index contributed by atoms with van der Waals surface area (Å²) >= 11 is 6.22. The van der Waals surface area contributed by atoms with Gasteiger partial charge in [0.05, 0.1) is 13.2 Å². The lowest BCUT2D eigenvalue weighted by atomic mass is 10.0. The first-order chi connectivity index (χ1) is 11.9. The molecule has 0 spiro atoms. The minimum atomic E-state index is -0.593. The van der Waals surface area contributed by atoms with E-state index in [-0.39, 0.29) is 6.61 Å². The van der Waals surface area contributed by atoms with Gasteiger partial charge in [0, 0.05) is 38.9 Å². The largest absolute Gasteiger partial charge is 0.491 e. The van der Waals surface area contributed by atoms with Gasteiger partial charge >= 0.3 is 0 Å². The van der Waals surface area contributed by atoms with E-state index in [1.54, 1.807) is 14.2 Å². The minimum absolute atomic E-state index is 0.233. The molecule has 0 aliphatic carbocycles. The van der Waals surface area contributed by atoms with E-state index in [0.717, 1.165) is 35.0 Å². The summed E-state index contributed by atoms with van der Waals surface area (Å²) in [4.78, 5) is 2.11. The van der Waals surface area contributed by atoms with Crippen molar-refractivity contribution < 1.29 is 19.3 Å². The van der Waals surface area contributed by atoms with Gasteiger partial charge in [-0.05, 0) is 36.1 Å². The number of halogens is 1. The second-order valence-electron chi connectivity index (χ2n) is 6.54. The summed E-state index contributed by atoms with van der Waals surface area (Å²) in [7, 11) is 3.34. The number of benzene rings is 1. The summed E-state index contributed by atoms with van der Waals surface area (Å²) in [6.07, 6.45) is -0.593. The van der Waals surface area contributed by atoms with E-state index in [2.05, 4.69) is 18.7 Å². The van der Waals surface area contributed by atoms with Crippen LogP contribution in [-0.2, 0) is 9.47 Å². The molecular formula is C19H32ClNO4.